The van der Waals surface area contributed by atoms with E-state index < -0.39 is 4.92 Å². The number of nitrogens with zero attached hydrogens (tertiary/aromatic N) is 4. The SMILES string of the molecule is Cc1nn(CCC(=O)N2C[C@H]3CNC[C@H]3C2)c(C)c1[N+](=O)[O-].Cl. The van der Waals surface area contributed by atoms with Crippen LogP contribution in [0.2, 0.25) is 0 Å². The molecule has 2 fully saturated rings. The van der Waals surface area contributed by atoms with Crippen LogP contribution in [0.5, 0.6) is 0 Å². The van der Waals surface area contributed by atoms with E-state index in [2.05, 4.69) is 10.4 Å². The Kier molecular flexibility index (Phi) is 5.26. The lowest BCUT2D eigenvalue weighted by Gasteiger charge is -2.17. The highest BCUT2D eigenvalue weighted by Gasteiger charge is 2.37. The molecular formula is C14H22ClN5O3. The van der Waals surface area contributed by atoms with Crippen molar-refractivity contribution in [2.75, 3.05) is 26.2 Å². The van der Waals surface area contributed by atoms with Gasteiger partial charge >= 0.3 is 5.69 Å². The fourth-order valence-electron chi connectivity index (χ4n) is 3.59. The fraction of sp³-hybridized carbons (Fsp3) is 0.714. The number of carbonyl (C=O) groups is 1. The summed E-state index contributed by atoms with van der Waals surface area (Å²) in [6.07, 6.45) is 0.339. The van der Waals surface area contributed by atoms with E-state index in [9.17, 15) is 14.9 Å². The number of carbonyl (C=O) groups excluding carboxylic acids is 1. The number of hydrogen-bond donors (Lipinski definition) is 1. The minimum absolute atomic E-state index is 0. The Bertz CT molecular complexity index is 606. The second-order valence-corrected chi connectivity index (χ2v) is 6.23. The van der Waals surface area contributed by atoms with Gasteiger partial charge in [0.05, 0.1) is 11.5 Å². The highest BCUT2D eigenvalue weighted by Crippen LogP contribution is 2.27. The molecule has 2 atom stereocenters. The molecule has 2 saturated heterocycles. The zero-order chi connectivity index (χ0) is 15.9. The lowest BCUT2D eigenvalue weighted by molar-refractivity contribution is -0.386. The van der Waals surface area contributed by atoms with E-state index in [4.69, 9.17) is 0 Å². The molecule has 128 valence electrons. The van der Waals surface area contributed by atoms with Crippen LogP contribution in [0.25, 0.3) is 0 Å². The van der Waals surface area contributed by atoms with Crippen molar-refractivity contribution in [3.8, 4) is 0 Å². The van der Waals surface area contributed by atoms with Crippen LogP contribution in [-0.2, 0) is 11.3 Å². The van der Waals surface area contributed by atoms with Crippen molar-refractivity contribution < 1.29 is 9.72 Å². The van der Waals surface area contributed by atoms with Crippen LogP contribution in [0.1, 0.15) is 17.8 Å². The van der Waals surface area contributed by atoms with E-state index in [1.807, 2.05) is 4.90 Å². The molecule has 9 heteroatoms. The molecule has 2 aliphatic rings. The summed E-state index contributed by atoms with van der Waals surface area (Å²) in [4.78, 5) is 24.8. The van der Waals surface area contributed by atoms with Crippen LogP contribution in [0.4, 0.5) is 5.69 Å². The van der Waals surface area contributed by atoms with Crippen molar-refractivity contribution in [2.24, 2.45) is 11.8 Å². The quantitative estimate of drug-likeness (QED) is 0.647. The third kappa shape index (κ3) is 3.32. The fourth-order valence-corrected chi connectivity index (χ4v) is 3.59. The van der Waals surface area contributed by atoms with Gasteiger partial charge in [0.1, 0.15) is 11.4 Å². The van der Waals surface area contributed by atoms with E-state index in [0.29, 0.717) is 36.2 Å². The number of aryl methyl sites for hydroxylation is 2. The Hall–Kier alpha value is -1.67. The average molecular weight is 344 g/mol. The number of nitrogens with one attached hydrogen (secondary N) is 1. The number of amides is 1. The van der Waals surface area contributed by atoms with E-state index in [0.717, 1.165) is 26.2 Å². The molecule has 0 unspecified atom stereocenters. The topological polar surface area (TPSA) is 93.3 Å². The highest BCUT2D eigenvalue weighted by molar-refractivity contribution is 5.85. The molecule has 0 aromatic carbocycles. The Morgan fingerprint density at radius 3 is 2.48 bits per heavy atom. The van der Waals surface area contributed by atoms with Gasteiger partial charge < -0.3 is 10.2 Å². The first kappa shape index (κ1) is 17.7. The number of nitro groups is 1. The number of likely N-dealkylation sites (tertiary alicyclic amines) is 1. The molecule has 1 amide bonds. The monoisotopic (exact) mass is 343 g/mol. The van der Waals surface area contributed by atoms with Crippen LogP contribution in [0.15, 0.2) is 0 Å². The predicted octanol–water partition coefficient (Wildman–Crippen LogP) is 0.898. The summed E-state index contributed by atoms with van der Waals surface area (Å²) < 4.78 is 1.57. The third-order valence-corrected chi connectivity index (χ3v) is 4.81. The maximum atomic E-state index is 12.3. The van der Waals surface area contributed by atoms with Gasteiger partial charge in [-0.3, -0.25) is 19.6 Å². The Morgan fingerprint density at radius 1 is 1.35 bits per heavy atom. The first-order chi connectivity index (χ1) is 10.5. The Balaban J connectivity index is 0.00000192. The van der Waals surface area contributed by atoms with Gasteiger partial charge in [0, 0.05) is 32.6 Å². The van der Waals surface area contributed by atoms with Crippen molar-refractivity contribution in [2.45, 2.75) is 26.8 Å². The lowest BCUT2D eigenvalue weighted by Crippen LogP contribution is -2.32. The van der Waals surface area contributed by atoms with E-state index in [-0.39, 0.29) is 24.0 Å². The van der Waals surface area contributed by atoms with Crippen LogP contribution in [-0.4, -0.2) is 51.7 Å². The number of rotatable bonds is 4. The molecule has 0 saturated carbocycles. The van der Waals surface area contributed by atoms with Crippen LogP contribution >= 0.6 is 12.4 Å². The van der Waals surface area contributed by atoms with E-state index >= 15 is 0 Å². The Morgan fingerprint density at radius 2 is 1.96 bits per heavy atom. The maximum absolute atomic E-state index is 12.3. The molecule has 8 nitrogen and oxygen atoms in total. The van der Waals surface area contributed by atoms with Gasteiger partial charge in [-0.05, 0) is 25.7 Å². The van der Waals surface area contributed by atoms with Crippen LogP contribution in [0, 0.1) is 35.8 Å². The molecule has 0 aliphatic carbocycles. The van der Waals surface area contributed by atoms with Gasteiger partial charge in [-0.2, -0.15) is 5.10 Å². The maximum Gasteiger partial charge on any atom is 0.312 e. The second kappa shape index (κ2) is 6.84. The van der Waals surface area contributed by atoms with Crippen molar-refractivity contribution in [1.82, 2.24) is 20.0 Å². The van der Waals surface area contributed by atoms with Gasteiger partial charge in [0.25, 0.3) is 0 Å². The first-order valence-electron chi connectivity index (χ1n) is 7.64. The summed E-state index contributed by atoms with van der Waals surface area (Å²) in [6, 6.07) is 0. The van der Waals surface area contributed by atoms with Crippen molar-refractivity contribution in [3.05, 3.63) is 21.5 Å². The molecule has 3 rings (SSSR count). The van der Waals surface area contributed by atoms with Gasteiger partial charge in [-0.1, -0.05) is 0 Å². The van der Waals surface area contributed by atoms with E-state index in [1.54, 1.807) is 18.5 Å². The van der Waals surface area contributed by atoms with Crippen LogP contribution in [0.3, 0.4) is 0 Å². The van der Waals surface area contributed by atoms with Gasteiger partial charge in [-0.15, -0.1) is 12.4 Å². The summed E-state index contributed by atoms with van der Waals surface area (Å²) >= 11 is 0. The molecule has 0 bridgehead atoms. The molecule has 3 heterocycles. The molecule has 0 spiro atoms. The number of hydrogen-bond acceptors (Lipinski definition) is 5. The molecule has 2 aliphatic heterocycles. The number of fused-ring (bicyclic) bond motifs is 1. The standard InChI is InChI=1S/C14H21N5O3.ClH/c1-9-14(19(21)22)10(2)18(16-9)4-3-13(20)17-7-11-5-15-6-12(11)8-17;/h11-12,15H,3-8H2,1-2H3;1H/t11-,12+;. The highest BCUT2D eigenvalue weighted by atomic mass is 35.5. The van der Waals surface area contributed by atoms with Gasteiger partial charge in [0.2, 0.25) is 5.91 Å². The minimum Gasteiger partial charge on any atom is -0.342 e. The number of halogens is 1. The average Bonchev–Trinajstić information content (AvgIpc) is 3.09. The predicted molar refractivity (Wildman–Crippen MR) is 86.7 cm³/mol. The summed E-state index contributed by atoms with van der Waals surface area (Å²) in [5, 5.41) is 18.5. The smallest absolute Gasteiger partial charge is 0.312 e. The number of aromatic nitrogens is 2. The molecule has 0 radical (unpaired) electrons. The second-order valence-electron chi connectivity index (χ2n) is 6.23. The van der Waals surface area contributed by atoms with Crippen molar-refractivity contribution in [1.29, 1.82) is 0 Å². The van der Waals surface area contributed by atoms with Gasteiger partial charge in [-0.25, -0.2) is 0 Å². The summed E-state index contributed by atoms with van der Waals surface area (Å²) in [7, 11) is 0. The van der Waals surface area contributed by atoms with Crippen molar-refractivity contribution >= 4 is 24.0 Å². The zero-order valence-electron chi connectivity index (χ0n) is 13.3. The third-order valence-electron chi connectivity index (χ3n) is 4.81. The molecule has 1 N–H and O–H groups in total. The Labute approximate surface area is 140 Å². The normalized spacial score (nSPS) is 22.8. The van der Waals surface area contributed by atoms with Crippen molar-refractivity contribution in [3.63, 3.8) is 0 Å². The first-order valence-corrected chi connectivity index (χ1v) is 7.64. The zero-order valence-corrected chi connectivity index (χ0v) is 14.1. The summed E-state index contributed by atoms with van der Waals surface area (Å²) in [5.74, 6) is 1.28. The molecule has 23 heavy (non-hydrogen) atoms. The minimum atomic E-state index is -0.412. The largest absolute Gasteiger partial charge is 0.342 e. The van der Waals surface area contributed by atoms with E-state index in [1.165, 1.54) is 0 Å². The summed E-state index contributed by atoms with van der Waals surface area (Å²) in [5.41, 5.74) is 0.962. The lowest BCUT2D eigenvalue weighted by atomic mass is 10.0. The molecule has 1 aromatic heterocycles. The summed E-state index contributed by atoms with van der Waals surface area (Å²) in [6.45, 7) is 7.34. The van der Waals surface area contributed by atoms with Crippen LogP contribution < -0.4 is 5.32 Å². The van der Waals surface area contributed by atoms with Gasteiger partial charge in [0.15, 0.2) is 0 Å². The molecule has 1 aromatic rings. The molecular weight excluding hydrogens is 322 g/mol.